The third-order valence-electron chi connectivity index (χ3n) is 1.20. The first-order valence-corrected chi connectivity index (χ1v) is 5.60. The van der Waals surface area contributed by atoms with Crippen molar-refractivity contribution < 1.29 is 57.3 Å². The first kappa shape index (κ1) is 28.4. The van der Waals surface area contributed by atoms with Crippen LogP contribution in [0.1, 0.15) is 0 Å². The zero-order valence-corrected chi connectivity index (χ0v) is 12.2. The van der Waals surface area contributed by atoms with Crippen molar-refractivity contribution in [3.63, 3.8) is 0 Å². The molecule has 0 unspecified atom stereocenters. The normalized spacial score (nSPS) is 8.38. The van der Waals surface area contributed by atoms with E-state index in [-0.39, 0.29) is 43.5 Å². The van der Waals surface area contributed by atoms with Gasteiger partial charge in [0.1, 0.15) is 0 Å². The zero-order chi connectivity index (χ0) is 16.2. The van der Waals surface area contributed by atoms with E-state index in [9.17, 15) is 0 Å². The molecular weight excluding hydrogens is 340 g/mol. The van der Waals surface area contributed by atoms with Crippen molar-refractivity contribution in [1.29, 1.82) is 0 Å². The average Bonchev–Trinajstić information content (AvgIpc) is 2.41. The van der Waals surface area contributed by atoms with Crippen LogP contribution < -0.4 is 10.2 Å². The van der Waals surface area contributed by atoms with Crippen molar-refractivity contribution in [2.75, 3.05) is 52.6 Å². The van der Waals surface area contributed by atoms with Crippen LogP contribution in [0.25, 0.3) is 10.6 Å². The summed E-state index contributed by atoms with van der Waals surface area (Å²) < 4.78 is 0. The summed E-state index contributed by atoms with van der Waals surface area (Å²) in [6.07, 6.45) is 0. The van der Waals surface area contributed by atoms with Crippen LogP contribution >= 0.6 is 0 Å². The molecule has 0 aliphatic heterocycles. The fraction of sp³-hybridized carbons (Fsp3) is 0.800. The van der Waals surface area contributed by atoms with E-state index >= 15 is 0 Å². The maximum absolute atomic E-state index is 8.93. The van der Waals surface area contributed by atoms with Gasteiger partial charge in [-0.25, -0.2) is 0 Å². The molecule has 0 aromatic carbocycles. The molecule has 0 bridgehead atoms. The van der Waals surface area contributed by atoms with Gasteiger partial charge in [0, 0.05) is 26.4 Å². The fourth-order valence-electron chi connectivity index (χ4n) is 0.506. The first-order chi connectivity index (χ1) is 9.47. The third kappa shape index (κ3) is 45.3. The number of carboxylic acids is 2. The Morgan fingerprint density at radius 3 is 0.952 bits per heavy atom. The van der Waals surface area contributed by atoms with Gasteiger partial charge in [-0.05, 0) is 0 Å². The standard InChI is InChI=1S/2C4H10NO2.C2H2O4.Cu/c2*6-3-1-5-2-4-7;3-1(4)2(5)6;/h2*6-7H,1-4H2;(H,3,4)(H,5,6);/q2*-1;;+2/p-2. The maximum atomic E-state index is 8.93. The van der Waals surface area contributed by atoms with Crippen molar-refractivity contribution in [1.82, 2.24) is 0 Å². The summed E-state index contributed by atoms with van der Waals surface area (Å²) >= 11 is 0. The van der Waals surface area contributed by atoms with Gasteiger partial charge in [0.25, 0.3) is 0 Å². The molecule has 0 aliphatic rings. The van der Waals surface area contributed by atoms with Crippen LogP contribution in [0.3, 0.4) is 0 Å². The van der Waals surface area contributed by atoms with Crippen LogP contribution in [-0.4, -0.2) is 85.0 Å². The molecular formula is C10H20CuN2O8-2. The molecule has 0 aromatic rings. The Bertz CT molecular complexity index is 191. The second-order valence-electron chi connectivity index (χ2n) is 2.81. The van der Waals surface area contributed by atoms with Gasteiger partial charge < -0.3 is 50.9 Å². The summed E-state index contributed by atoms with van der Waals surface area (Å²) in [6.45, 7) is 2.11. The van der Waals surface area contributed by atoms with Crippen LogP contribution in [0.2, 0.25) is 0 Å². The number of carboxylic acid groups (broad SMARTS) is 2. The molecule has 131 valence electrons. The number of carbonyl (C=O) groups excluding carboxylic acids is 2. The molecule has 0 heterocycles. The molecule has 0 aromatic heterocycles. The molecule has 21 heavy (non-hydrogen) atoms. The molecule has 0 atom stereocenters. The van der Waals surface area contributed by atoms with Crippen molar-refractivity contribution in [2.45, 2.75) is 0 Å². The number of aliphatic hydroxyl groups excluding tert-OH is 4. The second kappa shape index (κ2) is 27.5. The Balaban J connectivity index is -0.000000101. The number of rotatable bonds is 8. The minimum atomic E-state index is -2.19. The number of nitrogens with zero attached hydrogens (tertiary/aromatic N) is 2. The van der Waals surface area contributed by atoms with Crippen molar-refractivity contribution >= 4 is 11.9 Å². The van der Waals surface area contributed by atoms with E-state index in [0.717, 1.165) is 0 Å². The van der Waals surface area contributed by atoms with Gasteiger partial charge in [-0.1, -0.05) is 0 Å². The van der Waals surface area contributed by atoms with Crippen LogP contribution in [0, 0.1) is 0 Å². The Hall–Kier alpha value is -0.781. The molecule has 11 heteroatoms. The Labute approximate surface area is 133 Å². The summed E-state index contributed by atoms with van der Waals surface area (Å²) in [5.41, 5.74) is 0. The first-order valence-electron chi connectivity index (χ1n) is 5.60. The minimum absolute atomic E-state index is 0. The predicted octanol–water partition coefficient (Wildman–Crippen LogP) is -4.83. The van der Waals surface area contributed by atoms with E-state index in [4.69, 9.17) is 40.2 Å². The van der Waals surface area contributed by atoms with Gasteiger partial charge in [-0.3, -0.25) is 0 Å². The Morgan fingerprint density at radius 2 is 0.857 bits per heavy atom. The van der Waals surface area contributed by atoms with Crippen LogP contribution in [0.5, 0.6) is 0 Å². The van der Waals surface area contributed by atoms with E-state index in [1.54, 1.807) is 0 Å². The molecule has 1 radical (unpaired) electrons. The Kier molecular flexibility index (Phi) is 37.2. The van der Waals surface area contributed by atoms with Crippen molar-refractivity contribution in [3.8, 4) is 0 Å². The van der Waals surface area contributed by atoms with E-state index in [0.29, 0.717) is 26.2 Å². The molecule has 10 nitrogen and oxygen atoms in total. The number of carbonyl (C=O) groups is 2. The number of aliphatic carboxylic acids is 2. The van der Waals surface area contributed by atoms with Gasteiger partial charge in [-0.15, -0.1) is 26.2 Å². The smallest absolute Gasteiger partial charge is 0.659 e. The van der Waals surface area contributed by atoms with E-state index in [2.05, 4.69) is 10.6 Å². The molecule has 0 saturated carbocycles. The van der Waals surface area contributed by atoms with Gasteiger partial charge >= 0.3 is 17.1 Å². The molecule has 0 fully saturated rings. The number of hydrogen-bond acceptors (Lipinski definition) is 8. The minimum Gasteiger partial charge on any atom is -0.659 e. The molecule has 0 spiro atoms. The van der Waals surface area contributed by atoms with Crippen molar-refractivity contribution in [2.24, 2.45) is 0 Å². The molecule has 0 aliphatic carbocycles. The average molecular weight is 360 g/mol. The maximum Gasteiger partial charge on any atom is 2.00 e. The largest absolute Gasteiger partial charge is 2.00 e. The molecule has 0 rings (SSSR count). The van der Waals surface area contributed by atoms with Crippen LogP contribution in [0.15, 0.2) is 0 Å². The zero-order valence-electron chi connectivity index (χ0n) is 11.3. The van der Waals surface area contributed by atoms with Gasteiger partial charge in [0.05, 0.1) is 11.9 Å². The molecule has 0 saturated heterocycles. The van der Waals surface area contributed by atoms with Crippen molar-refractivity contribution in [3.05, 3.63) is 10.6 Å². The molecule has 0 amide bonds. The summed E-state index contributed by atoms with van der Waals surface area (Å²) in [4.78, 5) is 17.9. The van der Waals surface area contributed by atoms with Gasteiger partial charge in [0.2, 0.25) is 0 Å². The summed E-state index contributed by atoms with van der Waals surface area (Å²) in [6, 6.07) is 0. The third-order valence-corrected chi connectivity index (χ3v) is 1.20. The SMILES string of the molecule is O=C([O-])C(=O)[O-].OCC[N-]CCO.OCC[N-]CCO.[Cu+2]. The van der Waals surface area contributed by atoms with E-state index in [1.165, 1.54) is 0 Å². The summed E-state index contributed by atoms with van der Waals surface area (Å²) in [5.74, 6) is -4.37. The topological polar surface area (TPSA) is 189 Å². The monoisotopic (exact) mass is 359 g/mol. The number of hydrogen-bond donors (Lipinski definition) is 4. The number of aliphatic hydroxyl groups is 4. The van der Waals surface area contributed by atoms with Gasteiger partial charge in [-0.2, -0.15) is 0 Å². The Morgan fingerprint density at radius 1 is 0.667 bits per heavy atom. The van der Waals surface area contributed by atoms with Crippen LogP contribution in [-0.2, 0) is 26.7 Å². The molecule has 4 N–H and O–H groups in total. The quantitative estimate of drug-likeness (QED) is 0.188. The predicted molar refractivity (Wildman–Crippen MR) is 64.5 cm³/mol. The van der Waals surface area contributed by atoms with Gasteiger partial charge in [0.15, 0.2) is 0 Å². The second-order valence-corrected chi connectivity index (χ2v) is 2.81. The van der Waals surface area contributed by atoms with E-state index in [1.807, 2.05) is 0 Å². The van der Waals surface area contributed by atoms with E-state index < -0.39 is 11.9 Å². The summed E-state index contributed by atoms with van der Waals surface area (Å²) in [5, 5.41) is 57.7. The van der Waals surface area contributed by atoms with Crippen LogP contribution in [0.4, 0.5) is 0 Å². The summed E-state index contributed by atoms with van der Waals surface area (Å²) in [7, 11) is 0. The fourth-order valence-corrected chi connectivity index (χ4v) is 0.506.